The van der Waals surface area contributed by atoms with Crippen molar-refractivity contribution in [2.75, 3.05) is 5.32 Å². The van der Waals surface area contributed by atoms with E-state index in [1.54, 1.807) is 49.4 Å². The van der Waals surface area contributed by atoms with Crippen LogP contribution < -0.4 is 21.9 Å². The van der Waals surface area contributed by atoms with Crippen LogP contribution in [0.15, 0.2) is 47.3 Å². The quantitative estimate of drug-likeness (QED) is 0.608. The Morgan fingerprint density at radius 2 is 2.03 bits per heavy atom. The van der Waals surface area contributed by atoms with Crippen molar-refractivity contribution in [1.82, 2.24) is 14.9 Å². The maximum absolute atomic E-state index is 13.3. The normalized spacial score (nSPS) is 15.0. The Morgan fingerprint density at radius 1 is 1.28 bits per heavy atom. The minimum atomic E-state index is -0.482. The molecule has 7 nitrogen and oxygen atoms in total. The second kappa shape index (κ2) is 7.85. The van der Waals surface area contributed by atoms with Crippen molar-refractivity contribution < 1.29 is 4.79 Å². The number of carbonyl (C=O) groups excluding carboxylic acids is 1. The van der Waals surface area contributed by atoms with E-state index in [4.69, 9.17) is 17.3 Å². The van der Waals surface area contributed by atoms with Crippen LogP contribution >= 0.6 is 11.6 Å². The van der Waals surface area contributed by atoms with Gasteiger partial charge in [-0.1, -0.05) is 23.7 Å². The average Bonchev–Trinajstić information content (AvgIpc) is 2.64. The summed E-state index contributed by atoms with van der Waals surface area (Å²) in [4.78, 5) is 30.0. The van der Waals surface area contributed by atoms with E-state index in [1.807, 2.05) is 0 Å². The van der Waals surface area contributed by atoms with Crippen LogP contribution in [0.4, 0.5) is 10.5 Å². The van der Waals surface area contributed by atoms with E-state index >= 15 is 0 Å². The Hall–Kier alpha value is -2.90. The van der Waals surface area contributed by atoms with Crippen LogP contribution in [0, 0.1) is 0 Å². The summed E-state index contributed by atoms with van der Waals surface area (Å²) in [6.07, 6.45) is 3.15. The topological polar surface area (TPSA) is 102 Å². The van der Waals surface area contributed by atoms with E-state index in [2.05, 4.69) is 15.6 Å². The minimum Gasteiger partial charge on any atom is -0.335 e. The number of nitrogens with two attached hydrogens (primary N) is 1. The minimum absolute atomic E-state index is 0.234. The molecule has 3 aromatic rings. The van der Waals surface area contributed by atoms with Gasteiger partial charge in [-0.2, -0.15) is 0 Å². The van der Waals surface area contributed by atoms with Crippen molar-refractivity contribution in [3.05, 3.63) is 63.7 Å². The van der Waals surface area contributed by atoms with Gasteiger partial charge < -0.3 is 16.4 Å². The van der Waals surface area contributed by atoms with Gasteiger partial charge in [0, 0.05) is 11.7 Å². The molecule has 8 heteroatoms. The molecule has 0 bridgehead atoms. The van der Waals surface area contributed by atoms with Gasteiger partial charge in [-0.05, 0) is 56.5 Å². The number of halogens is 1. The number of anilines is 1. The van der Waals surface area contributed by atoms with Gasteiger partial charge in [0.05, 0.1) is 27.7 Å². The Kier molecular flexibility index (Phi) is 5.25. The Morgan fingerprint density at radius 3 is 2.72 bits per heavy atom. The predicted octanol–water partition coefficient (Wildman–Crippen LogP) is 3.73. The number of amides is 2. The fraction of sp³-hybridized carbons (Fsp3) is 0.286. The fourth-order valence-electron chi connectivity index (χ4n) is 3.39. The third-order valence-electron chi connectivity index (χ3n) is 5.08. The molecule has 0 saturated heterocycles. The number of rotatable bonds is 4. The molecule has 1 aromatic heterocycles. The molecule has 1 aliphatic carbocycles. The highest BCUT2D eigenvalue weighted by Gasteiger charge is 2.20. The molecule has 4 rings (SSSR count). The first kappa shape index (κ1) is 19.4. The maximum Gasteiger partial charge on any atom is 0.319 e. The summed E-state index contributed by atoms with van der Waals surface area (Å²) in [5, 5.41) is 6.42. The van der Waals surface area contributed by atoms with Crippen LogP contribution in [-0.2, 0) is 0 Å². The first-order chi connectivity index (χ1) is 13.9. The average molecular weight is 412 g/mol. The van der Waals surface area contributed by atoms with E-state index in [0.29, 0.717) is 33.1 Å². The lowest BCUT2D eigenvalue weighted by atomic mass is 9.93. The first-order valence-corrected chi connectivity index (χ1v) is 9.96. The predicted molar refractivity (Wildman–Crippen MR) is 115 cm³/mol. The second-order valence-electron chi connectivity index (χ2n) is 7.31. The third-order valence-corrected chi connectivity index (χ3v) is 5.40. The number of urea groups is 1. The number of nitrogens with zero attached hydrogens (tertiary/aromatic N) is 2. The molecule has 1 atom stereocenters. The van der Waals surface area contributed by atoms with Gasteiger partial charge in [-0.15, -0.1) is 0 Å². The fourth-order valence-corrected chi connectivity index (χ4v) is 3.64. The van der Waals surface area contributed by atoms with E-state index < -0.39 is 6.04 Å². The lowest BCUT2D eigenvalue weighted by molar-refractivity contribution is 0.240. The van der Waals surface area contributed by atoms with Gasteiger partial charge in [-0.3, -0.25) is 9.36 Å². The Labute approximate surface area is 172 Å². The van der Waals surface area contributed by atoms with Crippen LogP contribution in [0.5, 0.6) is 0 Å². The number of aromatic nitrogens is 2. The summed E-state index contributed by atoms with van der Waals surface area (Å²) < 4.78 is 1.45. The monoisotopic (exact) mass is 411 g/mol. The Balaban J connectivity index is 1.76. The van der Waals surface area contributed by atoms with Crippen molar-refractivity contribution in [3.63, 3.8) is 0 Å². The van der Waals surface area contributed by atoms with Gasteiger partial charge in [0.15, 0.2) is 0 Å². The largest absolute Gasteiger partial charge is 0.335 e. The molecule has 4 N–H and O–H groups in total. The molecule has 1 heterocycles. The summed E-state index contributed by atoms with van der Waals surface area (Å²) >= 11 is 6.27. The zero-order valence-corrected chi connectivity index (χ0v) is 16.7. The van der Waals surface area contributed by atoms with Gasteiger partial charge in [0.25, 0.3) is 5.56 Å². The van der Waals surface area contributed by atoms with Crippen molar-refractivity contribution >= 4 is 34.2 Å². The zero-order valence-electron chi connectivity index (χ0n) is 16.0. The third kappa shape index (κ3) is 3.83. The highest BCUT2D eigenvalue weighted by molar-refractivity contribution is 6.35. The highest BCUT2D eigenvalue weighted by atomic mass is 35.5. The number of hydrogen-bond donors (Lipinski definition) is 3. The molecule has 1 fully saturated rings. The molecular formula is C21H22ClN5O2. The summed E-state index contributed by atoms with van der Waals surface area (Å²) in [5.41, 5.74) is 7.43. The van der Waals surface area contributed by atoms with Crippen LogP contribution in [0.1, 0.15) is 38.1 Å². The summed E-state index contributed by atoms with van der Waals surface area (Å²) in [7, 11) is 0. The number of carbonyl (C=O) groups is 1. The molecule has 2 amide bonds. The number of nitrogens with one attached hydrogen (secondary N) is 2. The first-order valence-electron chi connectivity index (χ1n) is 9.59. The molecule has 0 radical (unpaired) electrons. The van der Waals surface area contributed by atoms with Crippen molar-refractivity contribution in [1.29, 1.82) is 0 Å². The van der Waals surface area contributed by atoms with Crippen LogP contribution in [0.25, 0.3) is 16.6 Å². The van der Waals surface area contributed by atoms with Crippen molar-refractivity contribution in [2.24, 2.45) is 5.73 Å². The van der Waals surface area contributed by atoms with Crippen LogP contribution in [-0.4, -0.2) is 21.6 Å². The zero-order chi connectivity index (χ0) is 20.5. The van der Waals surface area contributed by atoms with Crippen LogP contribution in [0.2, 0.25) is 5.02 Å². The molecule has 2 aromatic carbocycles. The summed E-state index contributed by atoms with van der Waals surface area (Å²) in [6, 6.07) is 11.7. The van der Waals surface area contributed by atoms with Gasteiger partial charge in [0.1, 0.15) is 5.82 Å². The standard InChI is InChI=1S/C21H22ClN5O2/c1-12(23)19-26-17-10-4-9-16(22)18(17)20(28)27(19)15-8-3-7-14(11-15)25-21(29)24-13-5-2-6-13/h3-4,7-13H,2,5-6,23H2,1H3,(H2,24,25,29)/t12-/m0/s1. The molecule has 0 unspecified atom stereocenters. The lowest BCUT2D eigenvalue weighted by Crippen LogP contribution is -2.41. The maximum atomic E-state index is 13.3. The van der Waals surface area contributed by atoms with E-state index in [1.165, 1.54) is 4.57 Å². The van der Waals surface area contributed by atoms with Gasteiger partial charge in [0.2, 0.25) is 0 Å². The number of hydrogen-bond acceptors (Lipinski definition) is 4. The van der Waals surface area contributed by atoms with E-state index in [0.717, 1.165) is 19.3 Å². The van der Waals surface area contributed by atoms with E-state index in [-0.39, 0.29) is 17.6 Å². The van der Waals surface area contributed by atoms with Crippen molar-refractivity contribution in [3.8, 4) is 5.69 Å². The molecular weight excluding hydrogens is 390 g/mol. The molecule has 150 valence electrons. The smallest absolute Gasteiger partial charge is 0.319 e. The highest BCUT2D eigenvalue weighted by Crippen LogP contribution is 2.23. The molecule has 29 heavy (non-hydrogen) atoms. The van der Waals surface area contributed by atoms with Gasteiger partial charge in [-0.25, -0.2) is 9.78 Å². The summed E-state index contributed by atoms with van der Waals surface area (Å²) in [5.74, 6) is 0.417. The molecule has 0 spiro atoms. The lowest BCUT2D eigenvalue weighted by Gasteiger charge is -2.26. The molecule has 1 saturated carbocycles. The second-order valence-corrected chi connectivity index (χ2v) is 7.72. The van der Waals surface area contributed by atoms with E-state index in [9.17, 15) is 9.59 Å². The number of benzene rings is 2. The molecule has 1 aliphatic rings. The van der Waals surface area contributed by atoms with Crippen LogP contribution in [0.3, 0.4) is 0 Å². The SMILES string of the molecule is C[C@H](N)c1nc2cccc(Cl)c2c(=O)n1-c1cccc(NC(=O)NC2CCC2)c1. The van der Waals surface area contributed by atoms with Crippen molar-refractivity contribution in [2.45, 2.75) is 38.3 Å². The molecule has 0 aliphatic heterocycles. The Bertz CT molecular complexity index is 1140. The van der Waals surface area contributed by atoms with Gasteiger partial charge >= 0.3 is 6.03 Å². The summed E-state index contributed by atoms with van der Waals surface area (Å²) in [6.45, 7) is 1.77. The number of fused-ring (bicyclic) bond motifs is 1.